The summed E-state index contributed by atoms with van der Waals surface area (Å²) in [5.74, 6) is -0.320. The van der Waals surface area contributed by atoms with Gasteiger partial charge in [-0.15, -0.1) is 0 Å². The quantitative estimate of drug-likeness (QED) is 0.893. The van der Waals surface area contributed by atoms with Crippen LogP contribution in [0.3, 0.4) is 0 Å². The Kier molecular flexibility index (Phi) is 3.69. The van der Waals surface area contributed by atoms with Gasteiger partial charge in [-0.1, -0.05) is 41.9 Å². The van der Waals surface area contributed by atoms with E-state index >= 15 is 0 Å². The SMILES string of the molecule is CC(N)(Cc1ccccc1)c1cc(F)ccc1Cl. The van der Waals surface area contributed by atoms with E-state index in [9.17, 15) is 4.39 Å². The van der Waals surface area contributed by atoms with Crippen LogP contribution in [0, 0.1) is 5.82 Å². The zero-order valence-electron chi connectivity index (χ0n) is 10.2. The van der Waals surface area contributed by atoms with E-state index in [4.69, 9.17) is 17.3 Å². The van der Waals surface area contributed by atoms with Crippen molar-refractivity contribution in [2.75, 3.05) is 0 Å². The molecule has 2 rings (SSSR count). The molecule has 0 heterocycles. The monoisotopic (exact) mass is 263 g/mol. The molecular formula is C15H15ClFN. The number of benzene rings is 2. The minimum Gasteiger partial charge on any atom is -0.321 e. The molecule has 1 unspecified atom stereocenters. The summed E-state index contributed by atoms with van der Waals surface area (Å²) in [4.78, 5) is 0. The van der Waals surface area contributed by atoms with Gasteiger partial charge >= 0.3 is 0 Å². The van der Waals surface area contributed by atoms with Gasteiger partial charge in [0, 0.05) is 10.6 Å². The summed E-state index contributed by atoms with van der Waals surface area (Å²) in [5, 5.41) is 0.498. The van der Waals surface area contributed by atoms with Crippen molar-refractivity contribution in [3.8, 4) is 0 Å². The van der Waals surface area contributed by atoms with Gasteiger partial charge in [-0.3, -0.25) is 0 Å². The van der Waals surface area contributed by atoms with Gasteiger partial charge in [0.05, 0.1) is 0 Å². The van der Waals surface area contributed by atoms with Gasteiger partial charge < -0.3 is 5.73 Å². The predicted molar refractivity (Wildman–Crippen MR) is 73.1 cm³/mol. The van der Waals surface area contributed by atoms with E-state index in [1.807, 2.05) is 37.3 Å². The summed E-state index contributed by atoms with van der Waals surface area (Å²) >= 11 is 6.10. The molecule has 18 heavy (non-hydrogen) atoms. The normalized spacial score (nSPS) is 14.2. The highest BCUT2D eigenvalue weighted by Gasteiger charge is 2.24. The van der Waals surface area contributed by atoms with Gasteiger partial charge in [0.1, 0.15) is 5.82 Å². The molecule has 0 aliphatic heterocycles. The van der Waals surface area contributed by atoms with Gasteiger partial charge in [0.2, 0.25) is 0 Å². The molecule has 2 aromatic rings. The molecule has 1 nitrogen and oxygen atoms in total. The molecule has 0 aliphatic carbocycles. The Labute approximate surface area is 111 Å². The average molecular weight is 264 g/mol. The molecule has 0 radical (unpaired) electrons. The highest BCUT2D eigenvalue weighted by Crippen LogP contribution is 2.29. The minimum atomic E-state index is -0.694. The summed E-state index contributed by atoms with van der Waals surface area (Å²) in [6.07, 6.45) is 0.608. The van der Waals surface area contributed by atoms with Crippen molar-refractivity contribution in [2.24, 2.45) is 5.73 Å². The summed E-state index contributed by atoms with van der Waals surface area (Å²) in [7, 11) is 0. The Bertz CT molecular complexity index is 537. The van der Waals surface area contributed by atoms with E-state index in [1.165, 1.54) is 12.1 Å². The largest absolute Gasteiger partial charge is 0.321 e. The van der Waals surface area contributed by atoms with Crippen molar-refractivity contribution in [3.05, 3.63) is 70.5 Å². The molecule has 94 valence electrons. The molecule has 0 fully saturated rings. The molecule has 0 amide bonds. The first-order valence-electron chi connectivity index (χ1n) is 5.77. The second-order valence-electron chi connectivity index (χ2n) is 4.70. The smallest absolute Gasteiger partial charge is 0.123 e. The van der Waals surface area contributed by atoms with Gasteiger partial charge in [0.25, 0.3) is 0 Å². The highest BCUT2D eigenvalue weighted by atomic mass is 35.5. The predicted octanol–water partition coefficient (Wildman–Crippen LogP) is 3.90. The lowest BCUT2D eigenvalue weighted by Crippen LogP contribution is -2.35. The first-order chi connectivity index (χ1) is 8.49. The third kappa shape index (κ3) is 2.89. The standard InChI is InChI=1S/C15H15ClFN/c1-15(18,10-11-5-3-2-4-6-11)13-9-12(17)7-8-14(13)16/h2-9H,10,18H2,1H3. The van der Waals surface area contributed by atoms with Crippen molar-refractivity contribution >= 4 is 11.6 Å². The van der Waals surface area contributed by atoms with Crippen LogP contribution in [0.1, 0.15) is 18.1 Å². The minimum absolute atomic E-state index is 0.320. The number of hydrogen-bond donors (Lipinski definition) is 1. The third-order valence-corrected chi connectivity index (χ3v) is 3.29. The van der Waals surface area contributed by atoms with E-state index in [0.29, 0.717) is 17.0 Å². The lowest BCUT2D eigenvalue weighted by atomic mass is 9.86. The van der Waals surface area contributed by atoms with Crippen LogP contribution in [0.4, 0.5) is 4.39 Å². The lowest BCUT2D eigenvalue weighted by molar-refractivity contribution is 0.486. The van der Waals surface area contributed by atoms with E-state index in [1.54, 1.807) is 6.07 Å². The number of hydrogen-bond acceptors (Lipinski definition) is 1. The maximum absolute atomic E-state index is 13.3. The fourth-order valence-corrected chi connectivity index (χ4v) is 2.38. The van der Waals surface area contributed by atoms with Crippen LogP contribution in [-0.4, -0.2) is 0 Å². The maximum atomic E-state index is 13.3. The summed E-state index contributed by atoms with van der Waals surface area (Å²) < 4.78 is 13.3. The van der Waals surface area contributed by atoms with E-state index in [0.717, 1.165) is 5.56 Å². The Morgan fingerprint density at radius 1 is 1.17 bits per heavy atom. The fourth-order valence-electron chi connectivity index (χ4n) is 2.05. The van der Waals surface area contributed by atoms with Crippen molar-refractivity contribution in [3.63, 3.8) is 0 Å². The van der Waals surface area contributed by atoms with Crippen molar-refractivity contribution in [2.45, 2.75) is 18.9 Å². The van der Waals surface area contributed by atoms with Gasteiger partial charge in [-0.05, 0) is 42.7 Å². The molecule has 2 aromatic carbocycles. The van der Waals surface area contributed by atoms with Crippen LogP contribution in [0.25, 0.3) is 0 Å². The van der Waals surface area contributed by atoms with Gasteiger partial charge in [-0.2, -0.15) is 0 Å². The van der Waals surface area contributed by atoms with Crippen LogP contribution < -0.4 is 5.73 Å². The Balaban J connectivity index is 2.33. The molecule has 0 bridgehead atoms. The highest BCUT2D eigenvalue weighted by molar-refractivity contribution is 6.31. The Hall–Kier alpha value is -1.38. The molecule has 2 N–H and O–H groups in total. The fraction of sp³-hybridized carbons (Fsp3) is 0.200. The summed E-state index contributed by atoms with van der Waals surface area (Å²) in [6, 6.07) is 14.2. The number of halogens is 2. The Morgan fingerprint density at radius 2 is 1.83 bits per heavy atom. The first-order valence-corrected chi connectivity index (χ1v) is 6.15. The first kappa shape index (κ1) is 13.1. The van der Waals surface area contributed by atoms with Crippen LogP contribution >= 0.6 is 11.6 Å². The van der Waals surface area contributed by atoms with Crippen LogP contribution in [0.2, 0.25) is 5.02 Å². The van der Waals surface area contributed by atoms with Crippen LogP contribution in [0.5, 0.6) is 0 Å². The summed E-state index contributed by atoms with van der Waals surface area (Å²) in [5.41, 5.74) is 7.33. The van der Waals surface area contributed by atoms with E-state index < -0.39 is 5.54 Å². The zero-order chi connectivity index (χ0) is 13.2. The summed E-state index contributed by atoms with van der Waals surface area (Å²) in [6.45, 7) is 1.86. The average Bonchev–Trinajstić information content (AvgIpc) is 2.33. The topological polar surface area (TPSA) is 26.0 Å². The molecule has 0 spiro atoms. The molecule has 3 heteroatoms. The maximum Gasteiger partial charge on any atom is 0.123 e. The number of nitrogens with two attached hydrogens (primary N) is 1. The van der Waals surface area contributed by atoms with Gasteiger partial charge in [0.15, 0.2) is 0 Å². The molecule has 0 saturated carbocycles. The van der Waals surface area contributed by atoms with Crippen LogP contribution in [-0.2, 0) is 12.0 Å². The number of rotatable bonds is 3. The molecule has 1 atom stereocenters. The van der Waals surface area contributed by atoms with E-state index in [-0.39, 0.29) is 5.82 Å². The molecule has 0 aliphatic rings. The van der Waals surface area contributed by atoms with Crippen molar-refractivity contribution in [1.29, 1.82) is 0 Å². The third-order valence-electron chi connectivity index (χ3n) is 2.96. The Morgan fingerprint density at radius 3 is 2.50 bits per heavy atom. The van der Waals surface area contributed by atoms with Gasteiger partial charge in [-0.25, -0.2) is 4.39 Å². The molecule has 0 saturated heterocycles. The lowest BCUT2D eigenvalue weighted by Gasteiger charge is -2.26. The van der Waals surface area contributed by atoms with Crippen molar-refractivity contribution in [1.82, 2.24) is 0 Å². The van der Waals surface area contributed by atoms with Crippen molar-refractivity contribution < 1.29 is 4.39 Å². The molecular weight excluding hydrogens is 249 g/mol. The van der Waals surface area contributed by atoms with Crippen LogP contribution in [0.15, 0.2) is 48.5 Å². The zero-order valence-corrected chi connectivity index (χ0v) is 10.9. The molecule has 0 aromatic heterocycles. The van der Waals surface area contributed by atoms with E-state index in [2.05, 4.69) is 0 Å². The second kappa shape index (κ2) is 5.09. The second-order valence-corrected chi connectivity index (χ2v) is 5.11.